The van der Waals surface area contributed by atoms with Crippen LogP contribution in [0.4, 0.5) is 0 Å². The van der Waals surface area contributed by atoms with Crippen LogP contribution in [-0.2, 0) is 0 Å². The Morgan fingerprint density at radius 1 is 1.44 bits per heavy atom. The van der Waals surface area contributed by atoms with E-state index in [0.717, 1.165) is 31.2 Å². The van der Waals surface area contributed by atoms with Gasteiger partial charge >= 0.3 is 0 Å². The van der Waals surface area contributed by atoms with Crippen molar-refractivity contribution >= 4 is 0 Å². The summed E-state index contributed by atoms with van der Waals surface area (Å²) >= 11 is 0. The molecule has 18 heavy (non-hydrogen) atoms. The third kappa shape index (κ3) is 2.87. The van der Waals surface area contributed by atoms with E-state index in [0.29, 0.717) is 12.0 Å². The molecule has 2 N–H and O–H groups in total. The average Bonchev–Trinajstić information content (AvgIpc) is 2.60. The fourth-order valence-electron chi connectivity index (χ4n) is 2.99. The lowest BCUT2D eigenvalue weighted by atomic mass is 9.92. The molecule has 0 bridgehead atoms. The second-order valence-electron chi connectivity index (χ2n) is 5.09. The number of likely N-dealkylation sites (tertiary alicyclic amines) is 1. The Hall–Kier alpha value is -1.00. The molecule has 1 aliphatic heterocycles. The molecule has 0 aliphatic carbocycles. The Labute approximate surface area is 110 Å². The number of aryl methyl sites for hydroxylation is 1. The van der Waals surface area contributed by atoms with Gasteiger partial charge in [0.1, 0.15) is 5.82 Å². The zero-order chi connectivity index (χ0) is 13.0. The summed E-state index contributed by atoms with van der Waals surface area (Å²) in [4.78, 5) is 11.3. The number of nitrogens with two attached hydrogens (primary N) is 1. The van der Waals surface area contributed by atoms with Crippen LogP contribution in [0.25, 0.3) is 0 Å². The summed E-state index contributed by atoms with van der Waals surface area (Å²) in [6, 6.07) is 2.41. The van der Waals surface area contributed by atoms with E-state index in [-0.39, 0.29) is 0 Å². The first-order valence-corrected chi connectivity index (χ1v) is 7.00. The van der Waals surface area contributed by atoms with Gasteiger partial charge in [-0.25, -0.2) is 9.97 Å². The number of hydrogen-bond donors (Lipinski definition) is 1. The molecule has 1 fully saturated rings. The average molecular weight is 248 g/mol. The quantitative estimate of drug-likeness (QED) is 0.887. The summed E-state index contributed by atoms with van der Waals surface area (Å²) in [7, 11) is 0. The number of nitrogens with zero attached hydrogens (tertiary/aromatic N) is 3. The van der Waals surface area contributed by atoms with Gasteiger partial charge in [-0.1, -0.05) is 13.3 Å². The second kappa shape index (κ2) is 6.25. The van der Waals surface area contributed by atoms with E-state index in [1.165, 1.54) is 19.3 Å². The molecule has 1 aliphatic rings. The molecule has 0 radical (unpaired) electrons. The lowest BCUT2D eigenvalue weighted by molar-refractivity contribution is 0.162. The van der Waals surface area contributed by atoms with Gasteiger partial charge in [0, 0.05) is 6.20 Å². The van der Waals surface area contributed by atoms with E-state index < -0.39 is 0 Å². The predicted octanol–water partition coefficient (Wildman–Crippen LogP) is 1.91. The van der Waals surface area contributed by atoms with Crippen molar-refractivity contribution in [3.8, 4) is 0 Å². The van der Waals surface area contributed by atoms with E-state index in [4.69, 9.17) is 5.73 Å². The topological polar surface area (TPSA) is 55.0 Å². The zero-order valence-corrected chi connectivity index (χ0v) is 11.5. The zero-order valence-electron chi connectivity index (χ0n) is 11.5. The van der Waals surface area contributed by atoms with Crippen molar-refractivity contribution in [3.63, 3.8) is 0 Å². The van der Waals surface area contributed by atoms with Crippen molar-refractivity contribution in [2.24, 2.45) is 11.7 Å². The second-order valence-corrected chi connectivity index (χ2v) is 5.09. The Bertz CT molecular complexity index is 366. The van der Waals surface area contributed by atoms with Gasteiger partial charge in [-0.05, 0) is 51.4 Å². The summed E-state index contributed by atoms with van der Waals surface area (Å²) in [5, 5.41) is 0. The number of aromatic nitrogens is 2. The van der Waals surface area contributed by atoms with Crippen molar-refractivity contribution in [2.45, 2.75) is 39.2 Å². The van der Waals surface area contributed by atoms with Gasteiger partial charge < -0.3 is 5.73 Å². The molecule has 100 valence electrons. The first-order valence-electron chi connectivity index (χ1n) is 7.00. The highest BCUT2D eigenvalue weighted by molar-refractivity contribution is 5.10. The highest BCUT2D eigenvalue weighted by atomic mass is 15.2. The summed E-state index contributed by atoms with van der Waals surface area (Å²) < 4.78 is 0. The maximum atomic E-state index is 5.99. The number of rotatable bonds is 3. The molecule has 0 aromatic carbocycles. The van der Waals surface area contributed by atoms with Crippen LogP contribution >= 0.6 is 0 Å². The van der Waals surface area contributed by atoms with Gasteiger partial charge in [0.15, 0.2) is 0 Å². The van der Waals surface area contributed by atoms with Crippen LogP contribution in [0.5, 0.6) is 0 Å². The van der Waals surface area contributed by atoms with Crippen LogP contribution in [-0.4, -0.2) is 34.5 Å². The lowest BCUT2D eigenvalue weighted by Gasteiger charge is -2.33. The molecular formula is C14H24N4. The van der Waals surface area contributed by atoms with Gasteiger partial charge in [0.2, 0.25) is 0 Å². The molecule has 0 spiro atoms. The first kappa shape index (κ1) is 13.4. The minimum absolute atomic E-state index is 0.365. The van der Waals surface area contributed by atoms with E-state index in [1.54, 1.807) is 0 Å². The van der Waals surface area contributed by atoms with Crippen molar-refractivity contribution in [2.75, 3.05) is 19.6 Å². The van der Waals surface area contributed by atoms with Crippen LogP contribution in [0, 0.1) is 12.8 Å². The fourth-order valence-corrected chi connectivity index (χ4v) is 2.99. The minimum Gasteiger partial charge on any atom is -0.330 e. The standard InChI is InChI=1S/C14H24N4/c1-3-18-9-5-4-6-12(10-15)14(18)13-7-8-16-11(2)17-13/h7-8,12,14H,3-6,9-10,15H2,1-2H3. The highest BCUT2D eigenvalue weighted by Gasteiger charge is 2.30. The van der Waals surface area contributed by atoms with Crippen molar-refractivity contribution in [1.82, 2.24) is 14.9 Å². The van der Waals surface area contributed by atoms with E-state index in [1.807, 2.05) is 19.2 Å². The Morgan fingerprint density at radius 2 is 2.28 bits per heavy atom. The molecule has 4 nitrogen and oxygen atoms in total. The minimum atomic E-state index is 0.365. The number of hydrogen-bond acceptors (Lipinski definition) is 4. The van der Waals surface area contributed by atoms with Crippen LogP contribution in [0.15, 0.2) is 12.3 Å². The van der Waals surface area contributed by atoms with Crippen LogP contribution < -0.4 is 5.73 Å². The Morgan fingerprint density at radius 3 is 2.94 bits per heavy atom. The van der Waals surface area contributed by atoms with Gasteiger partial charge in [-0.3, -0.25) is 4.90 Å². The summed E-state index contributed by atoms with van der Waals surface area (Å²) in [6.07, 6.45) is 5.62. The maximum Gasteiger partial charge on any atom is 0.125 e. The van der Waals surface area contributed by atoms with Gasteiger partial charge in [0.25, 0.3) is 0 Å². The van der Waals surface area contributed by atoms with Crippen LogP contribution in [0.2, 0.25) is 0 Å². The predicted molar refractivity (Wildman–Crippen MR) is 73.2 cm³/mol. The fraction of sp³-hybridized carbons (Fsp3) is 0.714. The SMILES string of the molecule is CCN1CCCCC(CN)C1c1ccnc(C)n1. The molecule has 4 heteroatoms. The third-order valence-corrected chi connectivity index (χ3v) is 3.92. The summed E-state index contributed by atoms with van der Waals surface area (Å²) in [5.41, 5.74) is 7.13. The maximum absolute atomic E-state index is 5.99. The molecule has 0 amide bonds. The molecule has 2 unspecified atom stereocenters. The Kier molecular flexibility index (Phi) is 4.66. The molecule has 2 atom stereocenters. The molecule has 1 saturated heterocycles. The van der Waals surface area contributed by atoms with E-state index >= 15 is 0 Å². The lowest BCUT2D eigenvalue weighted by Crippen LogP contribution is -2.36. The molecule has 1 aromatic heterocycles. The van der Waals surface area contributed by atoms with Gasteiger partial charge in [0.05, 0.1) is 11.7 Å². The van der Waals surface area contributed by atoms with E-state index in [2.05, 4.69) is 21.8 Å². The molecular weight excluding hydrogens is 224 g/mol. The molecule has 2 heterocycles. The first-order chi connectivity index (χ1) is 8.76. The molecule has 2 rings (SSSR count). The van der Waals surface area contributed by atoms with Crippen LogP contribution in [0.3, 0.4) is 0 Å². The highest BCUT2D eigenvalue weighted by Crippen LogP contribution is 2.33. The van der Waals surface area contributed by atoms with Gasteiger partial charge in [-0.2, -0.15) is 0 Å². The van der Waals surface area contributed by atoms with E-state index in [9.17, 15) is 0 Å². The van der Waals surface area contributed by atoms with Gasteiger partial charge in [-0.15, -0.1) is 0 Å². The van der Waals surface area contributed by atoms with Crippen LogP contribution in [0.1, 0.15) is 43.7 Å². The molecule has 0 saturated carbocycles. The van der Waals surface area contributed by atoms with Crippen molar-refractivity contribution < 1.29 is 0 Å². The largest absolute Gasteiger partial charge is 0.330 e. The summed E-state index contributed by atoms with van der Waals surface area (Å²) in [6.45, 7) is 7.13. The van der Waals surface area contributed by atoms with Crippen molar-refractivity contribution in [3.05, 3.63) is 23.8 Å². The monoisotopic (exact) mass is 248 g/mol. The summed E-state index contributed by atoms with van der Waals surface area (Å²) in [5.74, 6) is 1.37. The van der Waals surface area contributed by atoms with Crippen molar-refractivity contribution in [1.29, 1.82) is 0 Å². The smallest absolute Gasteiger partial charge is 0.125 e. The third-order valence-electron chi connectivity index (χ3n) is 3.92. The Balaban J connectivity index is 2.32. The normalized spacial score (nSPS) is 25.9. The molecule has 1 aromatic rings.